The van der Waals surface area contributed by atoms with E-state index >= 15 is 0 Å². The monoisotopic (exact) mass is 422 g/mol. The number of nitrogens with one attached hydrogen (secondary N) is 1. The van der Waals surface area contributed by atoms with E-state index in [2.05, 4.69) is 33.0 Å². The van der Waals surface area contributed by atoms with Gasteiger partial charge in [0.05, 0.1) is 5.01 Å². The molecule has 1 atom stereocenters. The molecule has 0 bridgehead atoms. The average molecular weight is 423 g/mol. The van der Waals surface area contributed by atoms with Crippen LogP contribution in [0.3, 0.4) is 0 Å². The Morgan fingerprint density at radius 1 is 1.32 bits per heavy atom. The van der Waals surface area contributed by atoms with Crippen molar-refractivity contribution < 1.29 is 10.0 Å². The van der Waals surface area contributed by atoms with Crippen molar-refractivity contribution in [2.24, 2.45) is 5.92 Å². The quantitative estimate of drug-likeness (QED) is 0.484. The molecule has 3 rings (SSSR count). The van der Waals surface area contributed by atoms with Crippen LogP contribution in [0.4, 0.5) is 0 Å². The van der Waals surface area contributed by atoms with Crippen LogP contribution in [0, 0.1) is 5.92 Å². The molecule has 1 amide bonds. The Bertz CT molecular complexity index is 696. The lowest BCUT2D eigenvalue weighted by atomic mass is 9.91. The normalized spacial score (nSPS) is 16.1. The van der Waals surface area contributed by atoms with Crippen molar-refractivity contribution in [3.05, 3.63) is 50.4 Å². The molecule has 1 saturated carbocycles. The number of halogens is 1. The molecule has 1 unspecified atom stereocenters. The molecule has 25 heavy (non-hydrogen) atoms. The molecular weight excluding hydrogens is 400 g/mol. The molecule has 0 radical (unpaired) electrons. The number of carbonyl (C=O) groups excluding carboxylic acids is 1. The summed E-state index contributed by atoms with van der Waals surface area (Å²) in [7, 11) is 0. The van der Waals surface area contributed by atoms with Gasteiger partial charge in [-0.1, -0.05) is 53.7 Å². The maximum atomic E-state index is 11.7. The second kappa shape index (κ2) is 8.92. The number of amides is 1. The van der Waals surface area contributed by atoms with E-state index in [9.17, 15) is 4.79 Å². The molecule has 6 heteroatoms. The largest absolute Gasteiger partial charge is 0.289 e. The smallest absolute Gasteiger partial charge is 0.244 e. The first-order chi connectivity index (χ1) is 12.1. The minimum atomic E-state index is -0.326. The van der Waals surface area contributed by atoms with Crippen LogP contribution >= 0.6 is 27.3 Å². The molecule has 1 aromatic carbocycles. The van der Waals surface area contributed by atoms with Gasteiger partial charge < -0.3 is 0 Å². The Morgan fingerprint density at radius 3 is 2.72 bits per heavy atom. The zero-order valence-corrected chi connectivity index (χ0v) is 16.5. The van der Waals surface area contributed by atoms with Crippen molar-refractivity contribution in [3.63, 3.8) is 0 Å². The Balaban J connectivity index is 1.70. The fraction of sp³-hybridized carbons (Fsp3) is 0.474. The van der Waals surface area contributed by atoms with E-state index in [0.29, 0.717) is 12.3 Å². The molecule has 2 N–H and O–H groups in total. The van der Waals surface area contributed by atoms with Crippen molar-refractivity contribution in [2.75, 3.05) is 0 Å². The van der Waals surface area contributed by atoms with Gasteiger partial charge in [-0.25, -0.2) is 10.5 Å². The molecule has 1 heterocycles. The molecule has 0 aliphatic heterocycles. The molecule has 134 valence electrons. The van der Waals surface area contributed by atoms with E-state index < -0.39 is 0 Å². The fourth-order valence-corrected chi connectivity index (χ4v) is 4.91. The van der Waals surface area contributed by atoms with Crippen LogP contribution in [0.5, 0.6) is 0 Å². The minimum absolute atomic E-state index is 0.0962. The van der Waals surface area contributed by atoms with Crippen molar-refractivity contribution in [1.82, 2.24) is 10.5 Å². The SMILES string of the molecule is O=C(CC(CC1CCCC1)c1ncc(Cc2ccc(Br)cc2)s1)NO. The van der Waals surface area contributed by atoms with E-state index in [4.69, 9.17) is 5.21 Å². The number of hydroxylamine groups is 1. The van der Waals surface area contributed by atoms with Crippen molar-refractivity contribution in [2.45, 2.75) is 50.9 Å². The highest BCUT2D eigenvalue weighted by atomic mass is 79.9. The van der Waals surface area contributed by atoms with Gasteiger partial charge in [0, 0.05) is 34.3 Å². The molecule has 1 aliphatic rings. The second-order valence-corrected chi connectivity index (χ2v) is 8.85. The second-order valence-electron chi connectivity index (χ2n) is 6.79. The maximum Gasteiger partial charge on any atom is 0.244 e. The number of aromatic nitrogens is 1. The predicted octanol–water partition coefficient (Wildman–Crippen LogP) is 5.06. The third-order valence-electron chi connectivity index (χ3n) is 4.86. The van der Waals surface area contributed by atoms with Crippen LogP contribution < -0.4 is 5.48 Å². The number of nitrogens with zero attached hydrogens (tertiary/aromatic N) is 1. The number of carbonyl (C=O) groups is 1. The van der Waals surface area contributed by atoms with E-state index in [1.165, 1.54) is 36.1 Å². The zero-order chi connectivity index (χ0) is 17.6. The summed E-state index contributed by atoms with van der Waals surface area (Å²) in [5.41, 5.74) is 3.02. The topological polar surface area (TPSA) is 62.2 Å². The lowest BCUT2D eigenvalue weighted by molar-refractivity contribution is -0.129. The van der Waals surface area contributed by atoms with Gasteiger partial charge in [0.25, 0.3) is 0 Å². The number of rotatable bonds is 7. The van der Waals surface area contributed by atoms with Crippen LogP contribution in [0.2, 0.25) is 0 Å². The number of benzene rings is 1. The van der Waals surface area contributed by atoms with Gasteiger partial charge in [0.2, 0.25) is 5.91 Å². The predicted molar refractivity (Wildman–Crippen MR) is 103 cm³/mol. The Labute approximate surface area is 160 Å². The van der Waals surface area contributed by atoms with Crippen LogP contribution in [0.25, 0.3) is 0 Å². The summed E-state index contributed by atoms with van der Waals surface area (Å²) in [6, 6.07) is 8.31. The van der Waals surface area contributed by atoms with Crippen molar-refractivity contribution in [1.29, 1.82) is 0 Å². The first kappa shape index (κ1) is 18.5. The number of hydrogen-bond donors (Lipinski definition) is 2. The van der Waals surface area contributed by atoms with Crippen LogP contribution in [-0.4, -0.2) is 16.1 Å². The molecule has 1 fully saturated rings. The highest BCUT2D eigenvalue weighted by molar-refractivity contribution is 9.10. The molecule has 0 saturated heterocycles. The third-order valence-corrected chi connectivity index (χ3v) is 6.55. The minimum Gasteiger partial charge on any atom is -0.289 e. The van der Waals surface area contributed by atoms with Crippen molar-refractivity contribution in [3.8, 4) is 0 Å². The molecule has 1 aliphatic carbocycles. The number of hydrogen-bond acceptors (Lipinski definition) is 4. The Morgan fingerprint density at radius 2 is 2.04 bits per heavy atom. The molecule has 0 spiro atoms. The number of thiazole rings is 1. The van der Waals surface area contributed by atoms with Crippen LogP contribution in [0.1, 0.15) is 59.9 Å². The summed E-state index contributed by atoms with van der Waals surface area (Å²) >= 11 is 5.15. The van der Waals surface area contributed by atoms with Crippen LogP contribution in [-0.2, 0) is 11.2 Å². The van der Waals surface area contributed by atoms with Gasteiger partial charge in [-0.2, -0.15) is 0 Å². The molecular formula is C19H23BrN2O2S. The first-order valence-electron chi connectivity index (χ1n) is 8.76. The van der Waals surface area contributed by atoms with Gasteiger partial charge in [0.1, 0.15) is 0 Å². The Hall–Kier alpha value is -1.24. The average Bonchev–Trinajstić information content (AvgIpc) is 3.28. The molecule has 2 aromatic rings. The lowest BCUT2D eigenvalue weighted by Crippen LogP contribution is -2.22. The van der Waals surface area contributed by atoms with E-state index in [-0.39, 0.29) is 11.8 Å². The lowest BCUT2D eigenvalue weighted by Gasteiger charge is -2.17. The van der Waals surface area contributed by atoms with E-state index in [0.717, 1.165) is 22.3 Å². The molecule has 1 aromatic heterocycles. The highest BCUT2D eigenvalue weighted by Gasteiger charge is 2.25. The zero-order valence-electron chi connectivity index (χ0n) is 14.1. The summed E-state index contributed by atoms with van der Waals surface area (Å²) in [6.45, 7) is 0. The van der Waals surface area contributed by atoms with Gasteiger partial charge >= 0.3 is 0 Å². The summed E-state index contributed by atoms with van der Waals surface area (Å²) in [5.74, 6) is 0.446. The summed E-state index contributed by atoms with van der Waals surface area (Å²) in [5, 5.41) is 9.91. The van der Waals surface area contributed by atoms with E-state index in [1.54, 1.807) is 16.8 Å². The summed E-state index contributed by atoms with van der Waals surface area (Å²) < 4.78 is 1.08. The highest BCUT2D eigenvalue weighted by Crippen LogP contribution is 2.37. The van der Waals surface area contributed by atoms with Gasteiger partial charge in [-0.05, 0) is 30.0 Å². The third kappa shape index (κ3) is 5.36. The summed E-state index contributed by atoms with van der Waals surface area (Å²) in [6.07, 6.45) is 9.14. The van der Waals surface area contributed by atoms with Gasteiger partial charge in [0.15, 0.2) is 0 Å². The Kier molecular flexibility index (Phi) is 6.62. The van der Waals surface area contributed by atoms with Crippen molar-refractivity contribution >= 4 is 33.2 Å². The summed E-state index contributed by atoms with van der Waals surface area (Å²) in [4.78, 5) is 17.5. The van der Waals surface area contributed by atoms with E-state index in [1.807, 2.05) is 18.3 Å². The van der Waals surface area contributed by atoms with Gasteiger partial charge in [-0.15, -0.1) is 11.3 Å². The maximum absolute atomic E-state index is 11.7. The fourth-order valence-electron chi connectivity index (χ4n) is 3.59. The molecule has 4 nitrogen and oxygen atoms in total. The van der Waals surface area contributed by atoms with Gasteiger partial charge in [-0.3, -0.25) is 10.0 Å². The standard InChI is InChI=1S/C19H23BrN2O2S/c20-16-7-5-14(6-8-16)10-17-12-21-19(25-17)15(11-18(23)22-24)9-13-3-1-2-4-13/h5-8,12-13,15,24H,1-4,9-11H2,(H,22,23). The van der Waals surface area contributed by atoms with Crippen LogP contribution in [0.15, 0.2) is 34.9 Å². The first-order valence-corrected chi connectivity index (χ1v) is 10.4.